The van der Waals surface area contributed by atoms with E-state index in [1.165, 1.54) is 0 Å². The van der Waals surface area contributed by atoms with Gasteiger partial charge in [0.1, 0.15) is 6.17 Å². The molecule has 10 unspecified atom stereocenters. The van der Waals surface area contributed by atoms with Crippen LogP contribution in [0, 0.1) is 17.8 Å². The van der Waals surface area contributed by atoms with Gasteiger partial charge in [-0.25, -0.2) is 4.39 Å². The van der Waals surface area contributed by atoms with Gasteiger partial charge in [0, 0.05) is 73.8 Å². The molecule has 252 valence electrons. The predicted octanol–water partition coefficient (Wildman–Crippen LogP) is 1.94. The first-order valence-corrected chi connectivity index (χ1v) is 17.6. The van der Waals surface area contributed by atoms with Crippen molar-refractivity contribution in [2.24, 2.45) is 17.8 Å². The van der Waals surface area contributed by atoms with E-state index in [0.29, 0.717) is 49.6 Å². The van der Waals surface area contributed by atoms with Crippen molar-refractivity contribution in [3.63, 3.8) is 0 Å². The molecule has 10 nitrogen and oxygen atoms in total. The van der Waals surface area contributed by atoms with Crippen LogP contribution in [0.3, 0.4) is 0 Å². The van der Waals surface area contributed by atoms with Crippen molar-refractivity contribution in [1.29, 1.82) is 0 Å². The number of nitrogens with one attached hydrogen (secondary N) is 1. The predicted molar refractivity (Wildman–Crippen MR) is 172 cm³/mol. The molecule has 0 bridgehead atoms. The van der Waals surface area contributed by atoms with Gasteiger partial charge in [-0.3, -0.25) is 24.1 Å². The lowest BCUT2D eigenvalue weighted by Crippen LogP contribution is -2.74. The van der Waals surface area contributed by atoms with Crippen LogP contribution in [-0.4, -0.2) is 139 Å². The van der Waals surface area contributed by atoms with Crippen molar-refractivity contribution in [3.8, 4) is 0 Å². The fourth-order valence-corrected chi connectivity index (χ4v) is 9.99. The molecule has 3 aliphatic carbocycles. The molecule has 0 radical (unpaired) electrons. The number of likely N-dealkylation sites (tertiary alicyclic amines) is 1. The van der Waals surface area contributed by atoms with Crippen molar-refractivity contribution < 1.29 is 28.3 Å². The van der Waals surface area contributed by atoms with Crippen LogP contribution >= 0.6 is 0 Å². The number of likely N-dealkylation sites (N-methyl/N-ethyl adjacent to an activating group) is 1. The van der Waals surface area contributed by atoms with Crippen LogP contribution in [0.15, 0.2) is 36.0 Å². The maximum Gasteiger partial charge on any atom is 0.256 e. The molecule has 1 aromatic rings. The summed E-state index contributed by atoms with van der Waals surface area (Å²) in [7, 11) is 4.16. The molecule has 5 fully saturated rings. The molecule has 0 spiro atoms. The summed E-state index contributed by atoms with van der Waals surface area (Å²) in [6.45, 7) is 4.55. The number of morpholine rings is 1. The zero-order valence-corrected chi connectivity index (χ0v) is 27.4. The highest BCUT2D eigenvalue weighted by Crippen LogP contribution is 2.50. The Morgan fingerprint density at radius 2 is 1.60 bits per heavy atom. The van der Waals surface area contributed by atoms with E-state index < -0.39 is 54.1 Å². The second kappa shape index (κ2) is 12.2. The summed E-state index contributed by atoms with van der Waals surface area (Å²) in [4.78, 5) is 64.2. The Morgan fingerprint density at radius 1 is 0.894 bits per heavy atom. The molecule has 3 saturated heterocycles. The number of fused-ring (bicyclic) bond motifs is 4. The fourth-order valence-electron chi connectivity index (χ4n) is 9.99. The average molecular weight is 648 g/mol. The zero-order chi connectivity index (χ0) is 32.6. The molecule has 1 amide bonds. The number of Topliss-reactive ketones (excluding diaryl/α,β-unsaturated/α-hetero) is 3. The third-order valence-electron chi connectivity index (χ3n) is 12.5. The van der Waals surface area contributed by atoms with Gasteiger partial charge in [-0.1, -0.05) is 24.3 Å². The number of alkyl halides is 1. The summed E-state index contributed by atoms with van der Waals surface area (Å²) in [5, 5.41) is 3.00. The second-order valence-corrected chi connectivity index (χ2v) is 15.0. The van der Waals surface area contributed by atoms with Crippen LogP contribution in [0.2, 0.25) is 0 Å². The molecule has 1 N–H and O–H groups in total. The molecule has 47 heavy (non-hydrogen) atoms. The molecular formula is C36H46FN5O5. The van der Waals surface area contributed by atoms with Gasteiger partial charge in [0.25, 0.3) is 5.91 Å². The Labute approximate surface area is 275 Å². The summed E-state index contributed by atoms with van der Waals surface area (Å²) in [5.74, 6) is -2.55. The first kappa shape index (κ1) is 31.3. The van der Waals surface area contributed by atoms with E-state index >= 15 is 4.39 Å². The van der Waals surface area contributed by atoms with Gasteiger partial charge in [0.2, 0.25) is 0 Å². The Morgan fingerprint density at radius 3 is 2.28 bits per heavy atom. The topological polar surface area (TPSA) is 103 Å². The Bertz CT molecular complexity index is 1490. The van der Waals surface area contributed by atoms with Crippen LogP contribution in [0.1, 0.15) is 59.2 Å². The third-order valence-corrected chi connectivity index (χ3v) is 12.5. The zero-order valence-electron chi connectivity index (χ0n) is 27.4. The number of rotatable bonds is 5. The van der Waals surface area contributed by atoms with Crippen LogP contribution in [0.5, 0.6) is 0 Å². The summed E-state index contributed by atoms with van der Waals surface area (Å²) in [5.41, 5.74) is 0.998. The van der Waals surface area contributed by atoms with Crippen LogP contribution in [0.25, 0.3) is 0 Å². The number of hydrogen-bond donors (Lipinski definition) is 1. The average Bonchev–Trinajstić information content (AvgIpc) is 3.48. The van der Waals surface area contributed by atoms with E-state index in [1.54, 1.807) is 30.5 Å². The quantitative estimate of drug-likeness (QED) is 0.481. The number of piperazine rings is 1. The summed E-state index contributed by atoms with van der Waals surface area (Å²) in [6, 6.07) is 6.16. The smallest absolute Gasteiger partial charge is 0.256 e. The highest BCUT2D eigenvalue weighted by molar-refractivity contribution is 6.20. The lowest BCUT2D eigenvalue weighted by molar-refractivity contribution is -0.217. The first-order valence-electron chi connectivity index (χ1n) is 17.6. The van der Waals surface area contributed by atoms with Crippen LogP contribution in [0.4, 0.5) is 4.39 Å². The van der Waals surface area contributed by atoms with E-state index in [9.17, 15) is 19.2 Å². The summed E-state index contributed by atoms with van der Waals surface area (Å²) in [6.07, 6.45) is 3.17. The monoisotopic (exact) mass is 647 g/mol. The molecule has 4 heterocycles. The molecule has 0 aromatic heterocycles. The molecule has 8 rings (SSSR count). The van der Waals surface area contributed by atoms with Crippen LogP contribution in [-0.2, 0) is 14.3 Å². The molecule has 1 aromatic carbocycles. The second-order valence-electron chi connectivity index (χ2n) is 15.0. The van der Waals surface area contributed by atoms with E-state index in [2.05, 4.69) is 39.0 Å². The van der Waals surface area contributed by atoms with E-state index in [4.69, 9.17) is 4.74 Å². The van der Waals surface area contributed by atoms with Gasteiger partial charge >= 0.3 is 0 Å². The number of hydrogen-bond acceptors (Lipinski definition) is 9. The molecule has 2 saturated carbocycles. The van der Waals surface area contributed by atoms with Crippen molar-refractivity contribution in [2.45, 2.75) is 81.1 Å². The van der Waals surface area contributed by atoms with E-state index in [-0.39, 0.29) is 35.4 Å². The van der Waals surface area contributed by atoms with Gasteiger partial charge in [-0.2, -0.15) is 0 Å². The molecular weight excluding hydrogens is 601 g/mol. The van der Waals surface area contributed by atoms with Crippen molar-refractivity contribution in [2.75, 3.05) is 53.4 Å². The number of amides is 1. The van der Waals surface area contributed by atoms with Crippen molar-refractivity contribution in [3.05, 3.63) is 47.2 Å². The number of carbonyl (C=O) groups is 4. The molecule has 7 aliphatic rings. The molecule has 10 atom stereocenters. The van der Waals surface area contributed by atoms with Gasteiger partial charge in [-0.15, -0.1) is 0 Å². The van der Waals surface area contributed by atoms with E-state index in [0.717, 1.165) is 38.9 Å². The van der Waals surface area contributed by atoms with Crippen molar-refractivity contribution >= 4 is 23.3 Å². The van der Waals surface area contributed by atoms with Crippen LogP contribution < -0.4 is 5.32 Å². The first-order chi connectivity index (χ1) is 22.7. The number of carbonyl (C=O) groups excluding carboxylic acids is 4. The lowest BCUT2D eigenvalue weighted by Gasteiger charge is -2.61. The largest absolute Gasteiger partial charge is 0.369 e. The number of benzene rings is 1. The van der Waals surface area contributed by atoms with E-state index in [1.807, 2.05) is 0 Å². The minimum atomic E-state index is -1.30. The normalized spacial score (nSPS) is 39.1. The maximum atomic E-state index is 16.4. The van der Waals surface area contributed by atoms with Crippen molar-refractivity contribution in [1.82, 2.24) is 24.9 Å². The maximum absolute atomic E-state index is 16.4. The van der Waals surface area contributed by atoms with Gasteiger partial charge in [0.05, 0.1) is 35.9 Å². The minimum absolute atomic E-state index is 0.0303. The minimum Gasteiger partial charge on any atom is -0.369 e. The highest BCUT2D eigenvalue weighted by atomic mass is 19.1. The summed E-state index contributed by atoms with van der Waals surface area (Å²) >= 11 is 0. The van der Waals surface area contributed by atoms with Gasteiger partial charge in [-0.05, 0) is 59.2 Å². The SMILES string of the molecule is CN1CCN(C2C(F)CC3C(=O)C(C(=O)NCCC4CCCN4C)=CN4C5CC6C(=O)c7ccccc7C(=O)C6CC5OC2C34)CC1. The number of halogens is 1. The number of nitrogens with zero attached hydrogens (tertiary/aromatic N) is 4. The summed E-state index contributed by atoms with van der Waals surface area (Å²) < 4.78 is 23.3. The lowest BCUT2D eigenvalue weighted by atomic mass is 9.63. The number of ketones is 3. The Hall–Kier alpha value is -2.99. The highest BCUT2D eigenvalue weighted by Gasteiger charge is 2.62. The number of ether oxygens (including phenoxy) is 1. The third kappa shape index (κ3) is 5.19. The van der Waals surface area contributed by atoms with Gasteiger partial charge in [0.15, 0.2) is 17.3 Å². The Balaban J connectivity index is 1.12. The standard InChI is InChI=1S/C36H46FN5O5/c1-39-12-14-41(15-13-39)31-27(37)16-25-30-35(31)47-29-18-24-23(32(43)21-7-3-4-8-22(21)33(24)44)17-28(29)42(30)19-26(34(25)45)36(46)38-10-9-20-6-5-11-40(20)2/h3-4,7-8,19-20,23-25,27-31,35H,5-6,9-18H2,1-2H3,(H,38,46). The molecule has 11 heteroatoms. The molecule has 4 aliphatic heterocycles. The Kier molecular flexibility index (Phi) is 8.09. The fraction of sp³-hybridized carbons (Fsp3) is 0.667. The van der Waals surface area contributed by atoms with Gasteiger partial charge < -0.3 is 24.8 Å².